The molecular weight excluding hydrogens is 555 g/mol. The van der Waals surface area contributed by atoms with Crippen molar-refractivity contribution in [2.75, 3.05) is 6.61 Å². The predicted molar refractivity (Wildman–Crippen MR) is 133 cm³/mol. The molecule has 0 bridgehead atoms. The number of H-pyrrole nitrogens is 1. The van der Waals surface area contributed by atoms with Gasteiger partial charge in [-0.25, -0.2) is 18.4 Å². The Morgan fingerprint density at radius 2 is 1.93 bits per heavy atom. The molecule has 0 saturated heterocycles. The average molecular weight is 585 g/mol. The molecule has 0 aliphatic heterocycles. The first kappa shape index (κ1) is 28.9. The minimum atomic E-state index is -4.61. The first-order valence-electron chi connectivity index (χ1n) is 13.2. The van der Waals surface area contributed by atoms with Crippen LogP contribution in [0.2, 0.25) is 0 Å². The zero-order valence-corrected chi connectivity index (χ0v) is 22.2. The third-order valence-electron chi connectivity index (χ3n) is 7.42. The molecule has 0 unspecified atom stereocenters. The summed E-state index contributed by atoms with van der Waals surface area (Å²) < 4.78 is 75.2. The van der Waals surface area contributed by atoms with Crippen LogP contribution < -0.4 is 10.6 Å². The molecule has 0 radical (unpaired) electrons. The summed E-state index contributed by atoms with van der Waals surface area (Å²) in [6.45, 7) is 1.80. The summed E-state index contributed by atoms with van der Waals surface area (Å²) in [5.41, 5.74) is 1.83. The lowest BCUT2D eigenvalue weighted by Crippen LogP contribution is -2.39. The van der Waals surface area contributed by atoms with Gasteiger partial charge in [0.1, 0.15) is 17.6 Å². The second kappa shape index (κ2) is 11.0. The molecule has 41 heavy (non-hydrogen) atoms. The fourth-order valence-corrected chi connectivity index (χ4v) is 4.92. The van der Waals surface area contributed by atoms with Gasteiger partial charge >= 0.3 is 6.18 Å². The third-order valence-corrected chi connectivity index (χ3v) is 7.42. The number of halogens is 5. The predicted octanol–water partition coefficient (Wildman–Crippen LogP) is 4.70. The highest BCUT2D eigenvalue weighted by atomic mass is 19.4. The van der Waals surface area contributed by atoms with E-state index < -0.39 is 36.8 Å². The lowest BCUT2D eigenvalue weighted by atomic mass is 9.79. The molecule has 3 N–H and O–H groups in total. The largest absolute Gasteiger partial charge is 0.414 e. The van der Waals surface area contributed by atoms with E-state index in [1.807, 2.05) is 0 Å². The van der Waals surface area contributed by atoms with E-state index in [1.54, 1.807) is 18.2 Å². The van der Waals surface area contributed by atoms with Crippen molar-refractivity contribution in [3.8, 4) is 0 Å². The van der Waals surface area contributed by atoms with E-state index in [-0.39, 0.29) is 60.3 Å². The smallest absolute Gasteiger partial charge is 0.366 e. The molecule has 2 saturated carbocycles. The number of aromatic amines is 1. The van der Waals surface area contributed by atoms with Crippen molar-refractivity contribution in [3.63, 3.8) is 0 Å². The standard InChI is InChI=1S/C26H29F5N6O4/c1-12-21(37-41-36-12)24(39)34-19(11-40-13(2)26(29,30)31)23-32-17-6-5-16(8-18(17)33-23)22(15-3-4-15)35-20(38)7-14-9-25(27,28)10-14/h5-6,8,13-15,19,22H,3-4,7,9-11H2,1-2H3,(H,32,33)(H,34,39)(H,35,38)/t13-,19-,22+/m0/s1. The van der Waals surface area contributed by atoms with Crippen LogP contribution in [0.15, 0.2) is 22.8 Å². The summed E-state index contributed by atoms with van der Waals surface area (Å²) in [6.07, 6.45) is -5.43. The number of fused-ring (bicyclic) bond motifs is 1. The van der Waals surface area contributed by atoms with E-state index in [4.69, 9.17) is 4.74 Å². The zero-order valence-electron chi connectivity index (χ0n) is 22.2. The van der Waals surface area contributed by atoms with Gasteiger partial charge in [-0.2, -0.15) is 13.2 Å². The number of nitrogens with zero attached hydrogens (tertiary/aromatic N) is 3. The number of amides is 2. The summed E-state index contributed by atoms with van der Waals surface area (Å²) in [6, 6.07) is 3.82. The number of ether oxygens (including phenoxy) is 1. The van der Waals surface area contributed by atoms with Crippen molar-refractivity contribution in [2.24, 2.45) is 11.8 Å². The molecular formula is C26H29F5N6O4. The zero-order chi connectivity index (χ0) is 29.5. The van der Waals surface area contributed by atoms with Crippen LogP contribution >= 0.6 is 0 Å². The first-order chi connectivity index (χ1) is 19.3. The van der Waals surface area contributed by atoms with Crippen molar-refractivity contribution in [1.29, 1.82) is 0 Å². The number of rotatable bonds is 11. The van der Waals surface area contributed by atoms with E-state index in [1.165, 1.54) is 6.92 Å². The van der Waals surface area contributed by atoms with Gasteiger partial charge in [0.15, 0.2) is 11.8 Å². The van der Waals surface area contributed by atoms with Crippen LogP contribution in [-0.4, -0.2) is 56.9 Å². The van der Waals surface area contributed by atoms with Crippen molar-refractivity contribution in [2.45, 2.75) is 76.2 Å². The number of hydrogen-bond donors (Lipinski definition) is 3. The number of benzene rings is 1. The molecule has 3 atom stereocenters. The number of nitrogens with one attached hydrogen (secondary N) is 3. The lowest BCUT2D eigenvalue weighted by Gasteiger charge is -2.34. The van der Waals surface area contributed by atoms with Crippen LogP contribution in [-0.2, 0) is 9.53 Å². The van der Waals surface area contributed by atoms with Crippen molar-refractivity contribution >= 4 is 22.8 Å². The van der Waals surface area contributed by atoms with E-state index >= 15 is 0 Å². The van der Waals surface area contributed by atoms with Crippen LogP contribution in [0.3, 0.4) is 0 Å². The van der Waals surface area contributed by atoms with Gasteiger partial charge in [0.2, 0.25) is 11.8 Å². The van der Waals surface area contributed by atoms with E-state index in [0.29, 0.717) is 11.0 Å². The highest BCUT2D eigenvalue weighted by molar-refractivity contribution is 5.93. The van der Waals surface area contributed by atoms with Gasteiger partial charge in [-0.1, -0.05) is 11.2 Å². The van der Waals surface area contributed by atoms with E-state index in [0.717, 1.165) is 25.3 Å². The molecule has 2 aliphatic rings. The molecule has 5 rings (SSSR count). The summed E-state index contributed by atoms with van der Waals surface area (Å²) in [5.74, 6) is -3.71. The monoisotopic (exact) mass is 584 g/mol. The molecule has 2 amide bonds. The van der Waals surface area contributed by atoms with Crippen LogP contribution in [0.4, 0.5) is 22.0 Å². The molecule has 15 heteroatoms. The molecule has 2 heterocycles. The van der Waals surface area contributed by atoms with E-state index in [9.17, 15) is 31.5 Å². The van der Waals surface area contributed by atoms with Gasteiger partial charge in [0.05, 0.1) is 23.7 Å². The van der Waals surface area contributed by atoms with Gasteiger partial charge in [-0.15, -0.1) is 0 Å². The average Bonchev–Trinajstić information content (AvgIpc) is 3.48. The number of imidazole rings is 1. The Kier molecular flexibility index (Phi) is 7.74. The highest BCUT2D eigenvalue weighted by Crippen LogP contribution is 2.45. The lowest BCUT2D eigenvalue weighted by molar-refractivity contribution is -0.215. The van der Waals surface area contributed by atoms with Gasteiger partial charge in [-0.05, 0) is 61.4 Å². The third kappa shape index (κ3) is 6.82. The Balaban J connectivity index is 1.34. The topological polar surface area (TPSA) is 135 Å². The summed E-state index contributed by atoms with van der Waals surface area (Å²) in [5, 5.41) is 12.6. The Morgan fingerprint density at radius 3 is 2.54 bits per heavy atom. The Morgan fingerprint density at radius 1 is 1.20 bits per heavy atom. The molecule has 0 spiro atoms. The van der Waals surface area contributed by atoms with Gasteiger partial charge in [-0.3, -0.25) is 9.59 Å². The van der Waals surface area contributed by atoms with Crippen molar-refractivity contribution < 1.29 is 40.9 Å². The number of carbonyl (C=O) groups is 2. The van der Waals surface area contributed by atoms with Crippen LogP contribution in [0.1, 0.15) is 78.7 Å². The van der Waals surface area contributed by atoms with Crippen molar-refractivity contribution in [3.05, 3.63) is 41.0 Å². The van der Waals surface area contributed by atoms with Crippen molar-refractivity contribution in [1.82, 2.24) is 30.9 Å². The number of carbonyl (C=O) groups excluding carboxylic acids is 2. The van der Waals surface area contributed by atoms with Gasteiger partial charge in [0.25, 0.3) is 5.91 Å². The second-order valence-electron chi connectivity index (χ2n) is 10.9. The molecule has 1 aromatic carbocycles. The SMILES string of the molecule is Cc1nonc1C(=O)N[C@@H](CO[C@@H](C)C(F)(F)F)c1nc2ccc([C@H](NC(=O)CC3CC(F)(F)C3)C3CC3)cc2[nH]1. The molecule has 2 fully saturated rings. The molecule has 2 aliphatic carbocycles. The Hall–Kier alpha value is -3.62. The number of aromatic nitrogens is 4. The summed E-state index contributed by atoms with van der Waals surface area (Å²) in [7, 11) is 0. The summed E-state index contributed by atoms with van der Waals surface area (Å²) >= 11 is 0. The molecule has 3 aromatic rings. The number of aryl methyl sites for hydroxylation is 1. The Bertz CT molecular complexity index is 1410. The van der Waals surface area contributed by atoms with Crippen LogP contribution in [0.5, 0.6) is 0 Å². The minimum Gasteiger partial charge on any atom is -0.366 e. The number of hydrogen-bond acceptors (Lipinski definition) is 7. The summed E-state index contributed by atoms with van der Waals surface area (Å²) in [4.78, 5) is 32.9. The fraction of sp³-hybridized carbons (Fsp3) is 0.577. The highest BCUT2D eigenvalue weighted by Gasteiger charge is 2.46. The van der Waals surface area contributed by atoms with Gasteiger partial charge < -0.3 is 20.4 Å². The molecule has 222 valence electrons. The quantitative estimate of drug-likeness (QED) is 0.278. The van der Waals surface area contributed by atoms with Crippen LogP contribution in [0.25, 0.3) is 11.0 Å². The van der Waals surface area contributed by atoms with Crippen LogP contribution in [0, 0.1) is 18.8 Å². The second-order valence-corrected chi connectivity index (χ2v) is 10.9. The normalized spacial score (nSPS) is 19.4. The maximum absolute atomic E-state index is 13.2. The molecule has 2 aromatic heterocycles. The van der Waals surface area contributed by atoms with E-state index in [2.05, 4.69) is 35.5 Å². The number of alkyl halides is 5. The first-order valence-corrected chi connectivity index (χ1v) is 13.2. The maximum atomic E-state index is 13.2. The fourth-order valence-electron chi connectivity index (χ4n) is 4.92. The minimum absolute atomic E-state index is 0.0352. The maximum Gasteiger partial charge on any atom is 0.414 e. The Labute approximate surface area is 230 Å². The van der Waals surface area contributed by atoms with Gasteiger partial charge in [0, 0.05) is 19.3 Å². The molecule has 10 nitrogen and oxygen atoms in total.